The molecule has 0 bridgehead atoms. The van der Waals surface area contributed by atoms with Crippen molar-refractivity contribution in [3.63, 3.8) is 0 Å². The number of rotatable bonds is 8. The highest BCUT2D eigenvalue weighted by Gasteiger charge is 2.28. The number of ether oxygens (including phenoxy) is 2. The van der Waals surface area contributed by atoms with Crippen molar-refractivity contribution >= 4 is 23.5 Å². The van der Waals surface area contributed by atoms with Crippen LogP contribution in [0.15, 0.2) is 18.2 Å². The summed E-state index contributed by atoms with van der Waals surface area (Å²) in [6.07, 6.45) is 3.08. The van der Waals surface area contributed by atoms with E-state index in [1.165, 1.54) is 19.2 Å². The van der Waals surface area contributed by atoms with Gasteiger partial charge in [0, 0.05) is 17.7 Å². The smallest absolute Gasteiger partial charge is 0.325 e. The summed E-state index contributed by atoms with van der Waals surface area (Å²) in [5.41, 5.74) is -0.371. The molecular weight excluding hydrogens is 394 g/mol. The van der Waals surface area contributed by atoms with Crippen molar-refractivity contribution in [3.8, 4) is 5.75 Å². The molecule has 2 rings (SSSR count). The van der Waals surface area contributed by atoms with Crippen LogP contribution in [0.25, 0.3) is 0 Å². The molecule has 1 aromatic rings. The fourth-order valence-corrected chi connectivity index (χ4v) is 3.46. The van der Waals surface area contributed by atoms with E-state index in [0.29, 0.717) is 11.8 Å². The van der Waals surface area contributed by atoms with Gasteiger partial charge < -0.3 is 20.1 Å². The van der Waals surface area contributed by atoms with Gasteiger partial charge in [0.15, 0.2) is 12.4 Å². The van der Waals surface area contributed by atoms with E-state index in [1.807, 2.05) is 0 Å². The van der Waals surface area contributed by atoms with Gasteiger partial charge in [-0.15, -0.1) is 0 Å². The highest BCUT2D eigenvalue weighted by atomic mass is 16.6. The summed E-state index contributed by atoms with van der Waals surface area (Å²) in [7, 11) is 1.28. The molecular formula is C20H27N3O7. The molecule has 0 aromatic heterocycles. The van der Waals surface area contributed by atoms with Crippen LogP contribution < -0.4 is 15.4 Å². The lowest BCUT2D eigenvalue weighted by Crippen LogP contribution is -2.45. The SMILES string of the molecule is COc1ccc(C(=O)NCC(=O)OCC(=O)N[C@@H]2CCC[C@@H](C)[C@H]2C)cc1[N+](=O)[O-]. The van der Waals surface area contributed by atoms with Crippen LogP contribution in [0.3, 0.4) is 0 Å². The lowest BCUT2D eigenvalue weighted by molar-refractivity contribution is -0.385. The number of carbonyl (C=O) groups excluding carboxylic acids is 3. The van der Waals surface area contributed by atoms with E-state index in [2.05, 4.69) is 24.5 Å². The Kier molecular flexibility index (Phi) is 8.14. The number of hydrogen-bond acceptors (Lipinski definition) is 7. The zero-order valence-electron chi connectivity index (χ0n) is 17.3. The average molecular weight is 421 g/mol. The minimum atomic E-state index is -0.786. The zero-order valence-corrected chi connectivity index (χ0v) is 17.3. The molecule has 1 fully saturated rings. The molecule has 1 saturated carbocycles. The predicted octanol–water partition coefficient (Wildman–Crippen LogP) is 1.82. The van der Waals surface area contributed by atoms with Crippen molar-refractivity contribution in [1.82, 2.24) is 10.6 Å². The normalized spacial score (nSPS) is 20.7. The second kappa shape index (κ2) is 10.6. The first-order valence-electron chi connectivity index (χ1n) is 9.78. The molecule has 2 amide bonds. The monoisotopic (exact) mass is 421 g/mol. The number of methoxy groups -OCH3 is 1. The number of hydrogen-bond donors (Lipinski definition) is 2. The molecule has 0 heterocycles. The summed E-state index contributed by atoms with van der Waals surface area (Å²) in [6.45, 7) is 3.35. The van der Waals surface area contributed by atoms with Crippen LogP contribution in [0.4, 0.5) is 5.69 Å². The van der Waals surface area contributed by atoms with Crippen molar-refractivity contribution in [3.05, 3.63) is 33.9 Å². The van der Waals surface area contributed by atoms with Gasteiger partial charge in [-0.05, 0) is 30.4 Å². The fraction of sp³-hybridized carbons (Fsp3) is 0.550. The Morgan fingerprint density at radius 1 is 1.23 bits per heavy atom. The third kappa shape index (κ3) is 6.16. The van der Waals surface area contributed by atoms with E-state index in [9.17, 15) is 24.5 Å². The third-order valence-corrected chi connectivity index (χ3v) is 5.45. The Balaban J connectivity index is 1.79. The Morgan fingerprint density at radius 2 is 1.97 bits per heavy atom. The topological polar surface area (TPSA) is 137 Å². The molecule has 10 heteroatoms. The summed E-state index contributed by atoms with van der Waals surface area (Å²) in [5.74, 6) is -0.962. The summed E-state index contributed by atoms with van der Waals surface area (Å²) >= 11 is 0. The number of amides is 2. The van der Waals surface area contributed by atoms with Gasteiger partial charge in [-0.2, -0.15) is 0 Å². The molecule has 1 aliphatic carbocycles. The van der Waals surface area contributed by atoms with E-state index < -0.39 is 30.0 Å². The molecule has 0 unspecified atom stereocenters. The van der Waals surface area contributed by atoms with E-state index in [-0.39, 0.29) is 28.9 Å². The maximum absolute atomic E-state index is 12.1. The molecule has 0 aliphatic heterocycles. The third-order valence-electron chi connectivity index (χ3n) is 5.45. The van der Waals surface area contributed by atoms with Gasteiger partial charge in [0.1, 0.15) is 6.54 Å². The first kappa shape index (κ1) is 23.1. The summed E-state index contributed by atoms with van der Waals surface area (Å²) in [6, 6.07) is 3.75. The molecule has 2 N–H and O–H groups in total. The number of nitro groups is 1. The van der Waals surface area contributed by atoms with E-state index >= 15 is 0 Å². The lowest BCUT2D eigenvalue weighted by atomic mass is 9.78. The molecule has 30 heavy (non-hydrogen) atoms. The molecule has 0 saturated heterocycles. The quantitative estimate of drug-likeness (QED) is 0.371. The number of esters is 1. The van der Waals surface area contributed by atoms with E-state index in [4.69, 9.17) is 9.47 Å². The Bertz CT molecular complexity index is 812. The molecule has 1 aliphatic rings. The van der Waals surface area contributed by atoms with Gasteiger partial charge >= 0.3 is 11.7 Å². The van der Waals surface area contributed by atoms with Crippen LogP contribution in [0.5, 0.6) is 5.75 Å². The summed E-state index contributed by atoms with van der Waals surface area (Å²) in [4.78, 5) is 46.4. The maximum Gasteiger partial charge on any atom is 0.325 e. The van der Waals surface area contributed by atoms with E-state index in [1.54, 1.807) is 0 Å². The number of carbonyl (C=O) groups is 3. The van der Waals surface area contributed by atoms with Gasteiger partial charge in [-0.25, -0.2) is 0 Å². The van der Waals surface area contributed by atoms with Crippen LogP contribution >= 0.6 is 0 Å². The molecule has 0 spiro atoms. The van der Waals surface area contributed by atoms with Crippen LogP contribution in [-0.2, 0) is 14.3 Å². The van der Waals surface area contributed by atoms with E-state index in [0.717, 1.165) is 25.3 Å². The Morgan fingerprint density at radius 3 is 2.63 bits per heavy atom. The van der Waals surface area contributed by atoms with Crippen molar-refractivity contribution in [2.45, 2.75) is 39.2 Å². The van der Waals surface area contributed by atoms with Crippen LogP contribution in [0.1, 0.15) is 43.5 Å². The fourth-order valence-electron chi connectivity index (χ4n) is 3.46. The van der Waals surface area contributed by atoms with Crippen LogP contribution in [-0.4, -0.2) is 49.0 Å². The van der Waals surface area contributed by atoms with Gasteiger partial charge in [-0.3, -0.25) is 24.5 Å². The van der Waals surface area contributed by atoms with Gasteiger partial charge in [-0.1, -0.05) is 26.7 Å². The number of nitrogens with zero attached hydrogens (tertiary/aromatic N) is 1. The minimum Gasteiger partial charge on any atom is -0.490 e. The summed E-state index contributed by atoms with van der Waals surface area (Å²) in [5, 5.41) is 16.2. The van der Waals surface area contributed by atoms with Crippen molar-refractivity contribution in [2.24, 2.45) is 11.8 Å². The Labute approximate surface area is 174 Å². The van der Waals surface area contributed by atoms with Gasteiger partial charge in [0.2, 0.25) is 0 Å². The zero-order chi connectivity index (χ0) is 22.3. The number of nitro benzene ring substituents is 1. The minimum absolute atomic E-state index is 0.00607. The Hall–Kier alpha value is -3.17. The summed E-state index contributed by atoms with van der Waals surface area (Å²) < 4.78 is 9.77. The van der Waals surface area contributed by atoms with Crippen molar-refractivity contribution in [2.75, 3.05) is 20.3 Å². The molecule has 164 valence electrons. The van der Waals surface area contributed by atoms with Crippen molar-refractivity contribution in [1.29, 1.82) is 0 Å². The van der Waals surface area contributed by atoms with Crippen LogP contribution in [0.2, 0.25) is 0 Å². The highest BCUT2D eigenvalue weighted by molar-refractivity contribution is 5.97. The van der Waals surface area contributed by atoms with Crippen LogP contribution in [0, 0.1) is 22.0 Å². The predicted molar refractivity (Wildman–Crippen MR) is 107 cm³/mol. The standard InChI is InChI=1S/C20H27N3O7/c1-12-5-4-6-15(13(12)2)22-18(24)11-30-19(25)10-21-20(26)14-7-8-17(29-3)16(9-14)23(27)28/h7-9,12-13,15H,4-6,10-11H2,1-3H3,(H,21,26)(H,22,24)/t12-,13-,15-/m1/s1. The lowest BCUT2D eigenvalue weighted by Gasteiger charge is -2.34. The van der Waals surface area contributed by atoms with Gasteiger partial charge in [0.25, 0.3) is 11.8 Å². The van der Waals surface area contributed by atoms with Gasteiger partial charge in [0.05, 0.1) is 12.0 Å². The molecule has 3 atom stereocenters. The van der Waals surface area contributed by atoms with Crippen molar-refractivity contribution < 1.29 is 28.8 Å². The molecule has 10 nitrogen and oxygen atoms in total. The molecule has 1 aromatic carbocycles. The largest absolute Gasteiger partial charge is 0.490 e. The maximum atomic E-state index is 12.1. The first-order valence-corrected chi connectivity index (χ1v) is 9.78. The highest BCUT2D eigenvalue weighted by Crippen LogP contribution is 2.29. The second-order valence-electron chi connectivity index (χ2n) is 7.43. The molecule has 0 radical (unpaired) electrons. The first-order chi connectivity index (χ1) is 14.2. The number of benzene rings is 1. The second-order valence-corrected chi connectivity index (χ2v) is 7.43. The average Bonchev–Trinajstić information content (AvgIpc) is 2.73. The number of nitrogens with one attached hydrogen (secondary N) is 2.